The van der Waals surface area contributed by atoms with E-state index in [4.69, 9.17) is 16.6 Å². The molecule has 1 fully saturated rings. The molecule has 0 radical (unpaired) electrons. The average Bonchev–Trinajstić information content (AvgIpc) is 3.07. The third-order valence-corrected chi connectivity index (χ3v) is 6.39. The number of nitrogens with zero attached hydrogens (tertiary/aromatic N) is 5. The Morgan fingerprint density at radius 1 is 1.14 bits per heavy atom. The van der Waals surface area contributed by atoms with Crippen LogP contribution in [0.15, 0.2) is 36.5 Å². The molecule has 7 rings (SSSR count). The highest BCUT2D eigenvalue weighted by Crippen LogP contribution is 2.41. The van der Waals surface area contributed by atoms with E-state index in [1.165, 1.54) is 11.3 Å². The van der Waals surface area contributed by atoms with Crippen LogP contribution in [-0.4, -0.2) is 37.2 Å². The standard InChI is InChI=1S/C21H19ClFN5/c22-19-3-4-20-24-15(11-28(20)25-19)10-27-18-2-1-14(23)9-16(18)17-12-26-7-5-13(6-8-26)21(17)27/h1-4,9,11,13H,5-8,10,12H2. The fraction of sp³-hybridized carbons (Fsp3) is 0.333. The van der Waals surface area contributed by atoms with Crippen molar-refractivity contribution in [2.75, 3.05) is 13.1 Å². The molecule has 0 aliphatic carbocycles. The van der Waals surface area contributed by atoms with Crippen LogP contribution in [0, 0.1) is 5.82 Å². The number of aromatic nitrogens is 4. The number of benzene rings is 1. The van der Waals surface area contributed by atoms with Crippen LogP contribution in [0.3, 0.4) is 0 Å². The lowest BCUT2D eigenvalue weighted by Gasteiger charge is -2.27. The lowest BCUT2D eigenvalue weighted by Crippen LogP contribution is -2.29. The van der Waals surface area contributed by atoms with E-state index in [0.717, 1.165) is 54.7 Å². The smallest absolute Gasteiger partial charge is 0.153 e. The summed E-state index contributed by atoms with van der Waals surface area (Å²) in [5.74, 6) is 0.347. The van der Waals surface area contributed by atoms with Crippen LogP contribution in [0.25, 0.3) is 16.6 Å². The molecule has 3 aromatic heterocycles. The summed E-state index contributed by atoms with van der Waals surface area (Å²) < 4.78 is 18.1. The SMILES string of the molecule is Fc1ccc2c(c1)c1c(n2Cc2cn3nc(Cl)ccc3n2)C2CCN(CC2)C1. The Labute approximate surface area is 166 Å². The summed E-state index contributed by atoms with van der Waals surface area (Å²) in [5.41, 5.74) is 5.45. The van der Waals surface area contributed by atoms with E-state index in [-0.39, 0.29) is 5.82 Å². The minimum absolute atomic E-state index is 0.175. The number of imidazole rings is 1. The first-order valence-electron chi connectivity index (χ1n) is 9.69. The lowest BCUT2D eigenvalue weighted by atomic mass is 9.94. The maximum absolute atomic E-state index is 14.1. The van der Waals surface area contributed by atoms with Gasteiger partial charge in [0, 0.05) is 29.1 Å². The second kappa shape index (κ2) is 6.03. The molecule has 1 saturated heterocycles. The molecular weight excluding hydrogens is 377 g/mol. The fourth-order valence-electron chi connectivity index (χ4n) is 4.95. The maximum atomic E-state index is 14.1. The second-order valence-electron chi connectivity index (χ2n) is 7.85. The second-order valence-corrected chi connectivity index (χ2v) is 8.24. The summed E-state index contributed by atoms with van der Waals surface area (Å²) in [5, 5.41) is 5.78. The third-order valence-electron chi connectivity index (χ3n) is 6.19. The van der Waals surface area contributed by atoms with Gasteiger partial charge in [-0.05, 0) is 61.8 Å². The zero-order chi connectivity index (χ0) is 18.8. The van der Waals surface area contributed by atoms with E-state index in [2.05, 4.69) is 14.6 Å². The molecule has 0 N–H and O–H groups in total. The molecule has 6 heterocycles. The quantitative estimate of drug-likeness (QED) is 0.510. The van der Waals surface area contributed by atoms with E-state index in [1.807, 2.05) is 18.3 Å². The number of hydrogen-bond donors (Lipinski definition) is 0. The van der Waals surface area contributed by atoms with Gasteiger partial charge in [0.2, 0.25) is 0 Å². The van der Waals surface area contributed by atoms with Gasteiger partial charge in [-0.25, -0.2) is 13.9 Å². The summed E-state index contributed by atoms with van der Waals surface area (Å²) in [4.78, 5) is 7.22. The molecule has 0 unspecified atom stereocenters. The molecule has 4 aromatic rings. The third kappa shape index (κ3) is 2.48. The highest BCUT2D eigenvalue weighted by Gasteiger charge is 2.33. The van der Waals surface area contributed by atoms with Crippen LogP contribution < -0.4 is 0 Å². The van der Waals surface area contributed by atoms with Gasteiger partial charge in [-0.1, -0.05) is 11.6 Å². The minimum Gasteiger partial charge on any atom is -0.338 e. The van der Waals surface area contributed by atoms with Gasteiger partial charge in [0.05, 0.1) is 18.4 Å². The normalized spacial score (nSPS) is 21.4. The molecule has 0 spiro atoms. The van der Waals surface area contributed by atoms with Gasteiger partial charge in [-0.2, -0.15) is 5.10 Å². The van der Waals surface area contributed by atoms with E-state index >= 15 is 0 Å². The van der Waals surface area contributed by atoms with Gasteiger partial charge < -0.3 is 4.57 Å². The van der Waals surface area contributed by atoms with Crippen LogP contribution in [0.5, 0.6) is 0 Å². The van der Waals surface area contributed by atoms with Crippen molar-refractivity contribution in [2.45, 2.75) is 31.8 Å². The predicted molar refractivity (Wildman–Crippen MR) is 106 cm³/mol. The van der Waals surface area contributed by atoms with Gasteiger partial charge >= 0.3 is 0 Å². The molecule has 0 saturated carbocycles. The number of fused-ring (bicyclic) bond motifs is 4. The Kier molecular flexibility index (Phi) is 3.55. The summed E-state index contributed by atoms with van der Waals surface area (Å²) in [6.07, 6.45) is 4.25. The highest BCUT2D eigenvalue weighted by atomic mass is 35.5. The predicted octanol–water partition coefficient (Wildman–Crippen LogP) is 4.22. The molecule has 0 amide bonds. The first kappa shape index (κ1) is 16.5. The van der Waals surface area contributed by atoms with Crippen LogP contribution in [-0.2, 0) is 13.1 Å². The van der Waals surface area contributed by atoms with E-state index in [1.54, 1.807) is 22.7 Å². The maximum Gasteiger partial charge on any atom is 0.153 e. The first-order chi connectivity index (χ1) is 13.7. The lowest BCUT2D eigenvalue weighted by molar-refractivity contribution is 0.219. The van der Waals surface area contributed by atoms with Gasteiger partial charge in [0.15, 0.2) is 5.65 Å². The topological polar surface area (TPSA) is 38.4 Å². The monoisotopic (exact) mass is 395 g/mol. The number of rotatable bonds is 2. The Morgan fingerprint density at radius 3 is 2.86 bits per heavy atom. The molecule has 0 atom stereocenters. The average molecular weight is 396 g/mol. The van der Waals surface area contributed by atoms with Crippen molar-refractivity contribution in [3.8, 4) is 0 Å². The molecule has 7 heteroatoms. The van der Waals surface area contributed by atoms with Crippen molar-refractivity contribution < 1.29 is 4.39 Å². The van der Waals surface area contributed by atoms with Gasteiger partial charge in [0.25, 0.3) is 0 Å². The molecular formula is C21H19ClFN5. The number of halogens is 2. The van der Waals surface area contributed by atoms with Crippen molar-refractivity contribution >= 4 is 28.2 Å². The van der Waals surface area contributed by atoms with E-state index < -0.39 is 0 Å². The molecule has 3 aliphatic heterocycles. The minimum atomic E-state index is -0.175. The highest BCUT2D eigenvalue weighted by molar-refractivity contribution is 6.29. The Hall–Kier alpha value is -2.44. The zero-order valence-corrected chi connectivity index (χ0v) is 16.0. The van der Waals surface area contributed by atoms with Gasteiger partial charge in [0.1, 0.15) is 11.0 Å². The van der Waals surface area contributed by atoms with Crippen molar-refractivity contribution in [2.24, 2.45) is 0 Å². The van der Waals surface area contributed by atoms with Crippen molar-refractivity contribution in [1.29, 1.82) is 0 Å². The first-order valence-corrected chi connectivity index (χ1v) is 10.1. The van der Waals surface area contributed by atoms with Crippen molar-refractivity contribution in [1.82, 2.24) is 24.1 Å². The van der Waals surface area contributed by atoms with Crippen molar-refractivity contribution in [3.63, 3.8) is 0 Å². The van der Waals surface area contributed by atoms with E-state index in [0.29, 0.717) is 17.6 Å². The summed E-state index contributed by atoms with van der Waals surface area (Å²) in [6, 6.07) is 8.79. The van der Waals surface area contributed by atoms with Crippen LogP contribution in [0.2, 0.25) is 5.15 Å². The van der Waals surface area contributed by atoms with Crippen LogP contribution in [0.4, 0.5) is 4.39 Å². The van der Waals surface area contributed by atoms with Crippen LogP contribution in [0.1, 0.15) is 35.7 Å². The molecule has 2 bridgehead atoms. The number of hydrogen-bond acceptors (Lipinski definition) is 3. The Morgan fingerprint density at radius 2 is 2.00 bits per heavy atom. The van der Waals surface area contributed by atoms with Crippen molar-refractivity contribution in [3.05, 3.63) is 64.5 Å². The van der Waals surface area contributed by atoms with E-state index in [9.17, 15) is 4.39 Å². The fourth-order valence-corrected chi connectivity index (χ4v) is 5.10. The summed E-state index contributed by atoms with van der Waals surface area (Å²) in [7, 11) is 0. The Balaban J connectivity index is 1.54. The largest absolute Gasteiger partial charge is 0.338 e. The number of piperidine rings is 1. The molecule has 1 aromatic carbocycles. The molecule has 28 heavy (non-hydrogen) atoms. The Bertz CT molecular complexity index is 1220. The summed E-state index contributed by atoms with van der Waals surface area (Å²) >= 11 is 6.01. The molecule has 142 valence electrons. The molecule has 5 nitrogen and oxygen atoms in total. The van der Waals surface area contributed by atoms with Gasteiger partial charge in [-0.3, -0.25) is 4.90 Å². The van der Waals surface area contributed by atoms with Gasteiger partial charge in [-0.15, -0.1) is 0 Å². The zero-order valence-electron chi connectivity index (χ0n) is 15.3. The van der Waals surface area contributed by atoms with Crippen LogP contribution >= 0.6 is 11.6 Å². The molecule has 3 aliphatic rings. The summed E-state index contributed by atoms with van der Waals surface area (Å²) in [6.45, 7) is 3.79.